The SMILES string of the molecule is C=CC[C@H]1CC[C@H]2[C@@H]3C=CC4=CC(=O)C(O)C[C@]4(C)[C@H]3CC[C@]12C. The van der Waals surface area contributed by atoms with Crippen LogP contribution in [0.4, 0.5) is 0 Å². The topological polar surface area (TPSA) is 37.3 Å². The van der Waals surface area contributed by atoms with Crippen molar-refractivity contribution in [2.45, 2.75) is 58.5 Å². The first-order valence-corrected chi connectivity index (χ1v) is 9.63. The predicted octanol–water partition coefficient (Wildman–Crippen LogP) is 4.46. The van der Waals surface area contributed by atoms with E-state index in [0.717, 1.165) is 23.8 Å². The van der Waals surface area contributed by atoms with E-state index in [4.69, 9.17) is 0 Å². The average Bonchev–Trinajstić information content (AvgIpc) is 2.86. The molecule has 2 saturated carbocycles. The summed E-state index contributed by atoms with van der Waals surface area (Å²) in [6.07, 6.45) is 14.5. The van der Waals surface area contributed by atoms with Gasteiger partial charge in [-0.15, -0.1) is 6.58 Å². The molecular formula is C22H30O2. The lowest BCUT2D eigenvalue weighted by Crippen LogP contribution is -2.50. The van der Waals surface area contributed by atoms with Gasteiger partial charge in [0.15, 0.2) is 5.78 Å². The van der Waals surface area contributed by atoms with Crippen LogP contribution in [-0.2, 0) is 4.79 Å². The van der Waals surface area contributed by atoms with Crippen LogP contribution in [0.5, 0.6) is 0 Å². The van der Waals surface area contributed by atoms with Crippen molar-refractivity contribution in [3.63, 3.8) is 0 Å². The summed E-state index contributed by atoms with van der Waals surface area (Å²) < 4.78 is 0. The molecule has 4 rings (SSSR count). The van der Waals surface area contributed by atoms with Crippen LogP contribution in [0.25, 0.3) is 0 Å². The number of hydrogen-bond donors (Lipinski definition) is 1. The number of allylic oxidation sites excluding steroid dienone is 4. The first kappa shape index (κ1) is 16.3. The number of aliphatic hydroxyl groups excluding tert-OH is 1. The van der Waals surface area contributed by atoms with Gasteiger partial charge in [0.1, 0.15) is 6.10 Å². The fourth-order valence-corrected chi connectivity index (χ4v) is 6.76. The van der Waals surface area contributed by atoms with Crippen LogP contribution in [-0.4, -0.2) is 17.0 Å². The minimum absolute atomic E-state index is 0.0371. The first-order chi connectivity index (χ1) is 11.4. The van der Waals surface area contributed by atoms with Crippen molar-refractivity contribution in [1.82, 2.24) is 0 Å². The predicted molar refractivity (Wildman–Crippen MR) is 96.3 cm³/mol. The maximum absolute atomic E-state index is 11.9. The van der Waals surface area contributed by atoms with Gasteiger partial charge in [0.25, 0.3) is 0 Å². The molecule has 0 spiro atoms. The highest BCUT2D eigenvalue weighted by molar-refractivity contribution is 5.95. The lowest BCUT2D eigenvalue weighted by molar-refractivity contribution is -0.126. The number of ketones is 1. The van der Waals surface area contributed by atoms with Gasteiger partial charge in [0.05, 0.1) is 0 Å². The molecule has 7 atom stereocenters. The Kier molecular flexibility index (Phi) is 3.69. The Balaban J connectivity index is 1.70. The fourth-order valence-electron chi connectivity index (χ4n) is 6.76. The molecule has 24 heavy (non-hydrogen) atoms. The summed E-state index contributed by atoms with van der Waals surface area (Å²) in [5.74, 6) is 2.57. The zero-order chi connectivity index (χ0) is 17.1. The monoisotopic (exact) mass is 326 g/mol. The van der Waals surface area contributed by atoms with E-state index in [2.05, 4.69) is 38.7 Å². The summed E-state index contributed by atoms with van der Waals surface area (Å²) in [6, 6.07) is 0. The Morgan fingerprint density at radius 1 is 1.29 bits per heavy atom. The molecule has 2 fully saturated rings. The van der Waals surface area contributed by atoms with Crippen molar-refractivity contribution < 1.29 is 9.90 Å². The molecule has 2 heteroatoms. The largest absolute Gasteiger partial charge is 0.385 e. The number of fused-ring (bicyclic) bond motifs is 5. The highest BCUT2D eigenvalue weighted by atomic mass is 16.3. The van der Waals surface area contributed by atoms with Gasteiger partial charge in [-0.2, -0.15) is 0 Å². The van der Waals surface area contributed by atoms with E-state index in [9.17, 15) is 9.90 Å². The van der Waals surface area contributed by atoms with Gasteiger partial charge in [-0.3, -0.25) is 4.79 Å². The summed E-state index contributed by atoms with van der Waals surface area (Å²) in [6.45, 7) is 8.77. The summed E-state index contributed by atoms with van der Waals surface area (Å²) in [5, 5.41) is 10.2. The zero-order valence-electron chi connectivity index (χ0n) is 15.0. The molecule has 0 aromatic heterocycles. The van der Waals surface area contributed by atoms with Crippen molar-refractivity contribution in [3.8, 4) is 0 Å². The summed E-state index contributed by atoms with van der Waals surface area (Å²) in [5.41, 5.74) is 1.55. The summed E-state index contributed by atoms with van der Waals surface area (Å²) in [4.78, 5) is 11.9. The van der Waals surface area contributed by atoms with Crippen LogP contribution >= 0.6 is 0 Å². The Bertz CT molecular complexity index is 630. The highest BCUT2D eigenvalue weighted by Crippen LogP contribution is 2.65. The Morgan fingerprint density at radius 3 is 2.83 bits per heavy atom. The minimum atomic E-state index is -0.809. The van der Waals surface area contributed by atoms with E-state index in [1.165, 1.54) is 25.7 Å². The van der Waals surface area contributed by atoms with Crippen LogP contribution in [0.15, 0.2) is 36.5 Å². The molecule has 1 N–H and O–H groups in total. The normalized spacial score (nSPS) is 49.9. The van der Waals surface area contributed by atoms with Gasteiger partial charge in [-0.25, -0.2) is 0 Å². The molecular weight excluding hydrogens is 296 g/mol. The third-order valence-electron chi connectivity index (χ3n) is 8.20. The molecule has 0 bridgehead atoms. The number of carbonyl (C=O) groups excluding carboxylic acids is 1. The van der Waals surface area contributed by atoms with Crippen LogP contribution in [0.3, 0.4) is 0 Å². The Morgan fingerprint density at radius 2 is 2.08 bits per heavy atom. The van der Waals surface area contributed by atoms with Crippen LogP contribution in [0.2, 0.25) is 0 Å². The van der Waals surface area contributed by atoms with Crippen molar-refractivity contribution in [3.05, 3.63) is 36.5 Å². The molecule has 2 nitrogen and oxygen atoms in total. The second kappa shape index (κ2) is 5.42. The molecule has 0 aromatic rings. The van der Waals surface area contributed by atoms with Crippen molar-refractivity contribution in [2.75, 3.05) is 0 Å². The van der Waals surface area contributed by atoms with Crippen LogP contribution in [0.1, 0.15) is 52.4 Å². The molecule has 0 heterocycles. The lowest BCUT2D eigenvalue weighted by atomic mass is 9.48. The molecule has 4 aliphatic carbocycles. The van der Waals surface area contributed by atoms with Crippen molar-refractivity contribution in [1.29, 1.82) is 0 Å². The van der Waals surface area contributed by atoms with Gasteiger partial charge in [-0.05, 0) is 84.7 Å². The van der Waals surface area contributed by atoms with E-state index < -0.39 is 6.10 Å². The highest BCUT2D eigenvalue weighted by Gasteiger charge is 2.58. The molecule has 0 aliphatic heterocycles. The number of hydrogen-bond acceptors (Lipinski definition) is 2. The molecule has 1 unspecified atom stereocenters. The van der Waals surface area contributed by atoms with Crippen molar-refractivity contribution in [2.24, 2.45) is 34.5 Å². The van der Waals surface area contributed by atoms with E-state index in [1.54, 1.807) is 6.08 Å². The zero-order valence-corrected chi connectivity index (χ0v) is 15.0. The minimum Gasteiger partial charge on any atom is -0.385 e. The van der Waals surface area contributed by atoms with Gasteiger partial charge >= 0.3 is 0 Å². The van der Waals surface area contributed by atoms with Gasteiger partial charge in [-0.1, -0.05) is 32.1 Å². The Labute approximate surface area is 145 Å². The molecule has 130 valence electrons. The second-order valence-electron chi connectivity index (χ2n) is 9.13. The lowest BCUT2D eigenvalue weighted by Gasteiger charge is -2.56. The molecule has 4 aliphatic rings. The van der Waals surface area contributed by atoms with Gasteiger partial charge in [0.2, 0.25) is 0 Å². The van der Waals surface area contributed by atoms with E-state index in [-0.39, 0.29) is 11.2 Å². The maximum atomic E-state index is 11.9. The molecule has 0 amide bonds. The third kappa shape index (κ3) is 2.08. The van der Waals surface area contributed by atoms with E-state index in [0.29, 0.717) is 23.7 Å². The quantitative estimate of drug-likeness (QED) is 0.761. The number of rotatable bonds is 2. The van der Waals surface area contributed by atoms with Crippen LogP contribution < -0.4 is 0 Å². The van der Waals surface area contributed by atoms with E-state index >= 15 is 0 Å². The maximum Gasteiger partial charge on any atom is 0.184 e. The molecule has 0 saturated heterocycles. The van der Waals surface area contributed by atoms with Crippen molar-refractivity contribution >= 4 is 5.78 Å². The van der Waals surface area contributed by atoms with Gasteiger partial charge < -0.3 is 5.11 Å². The first-order valence-electron chi connectivity index (χ1n) is 9.63. The second-order valence-corrected chi connectivity index (χ2v) is 9.13. The Hall–Kier alpha value is -1.15. The molecule has 0 aromatic carbocycles. The summed E-state index contributed by atoms with van der Waals surface area (Å²) >= 11 is 0. The summed E-state index contributed by atoms with van der Waals surface area (Å²) in [7, 11) is 0. The van der Waals surface area contributed by atoms with E-state index in [1.807, 2.05) is 0 Å². The third-order valence-corrected chi connectivity index (χ3v) is 8.20. The number of carbonyl (C=O) groups is 1. The van der Waals surface area contributed by atoms with Crippen LogP contribution in [0, 0.1) is 34.5 Å². The van der Waals surface area contributed by atoms with Gasteiger partial charge in [0, 0.05) is 0 Å². The number of aliphatic hydroxyl groups is 1. The average molecular weight is 326 g/mol. The standard InChI is InChI=1S/C22H30O2/c1-4-5-14-7-9-17-16-8-6-15-12-19(23)20(24)13-22(15,3)18(16)10-11-21(14,17)2/h4,6,8,12,14,16-18,20,24H,1,5,7,9-11,13H2,2-3H3/t14-,16-,17-,18-,20?,21+,22-/m0/s1. The fraction of sp³-hybridized carbons (Fsp3) is 0.682. The smallest absolute Gasteiger partial charge is 0.184 e. The molecule has 0 radical (unpaired) electrons.